The minimum Gasteiger partial charge on any atom is -0.464 e. The molecule has 41 heavy (non-hydrogen) atoms. The second kappa shape index (κ2) is 10.2. The minimum absolute atomic E-state index is 0.00970. The minimum atomic E-state index is -0.766. The molecule has 0 saturated heterocycles. The van der Waals surface area contributed by atoms with Gasteiger partial charge in [-0.05, 0) is 60.2 Å². The van der Waals surface area contributed by atoms with Crippen LogP contribution in [0.1, 0.15) is 44.7 Å². The Balaban J connectivity index is 1.52. The number of hydrogen-bond acceptors (Lipinski definition) is 8. The predicted octanol–water partition coefficient (Wildman–Crippen LogP) is 5.19. The van der Waals surface area contributed by atoms with E-state index >= 15 is 0 Å². The van der Waals surface area contributed by atoms with Gasteiger partial charge in [0, 0.05) is 41.6 Å². The Labute approximate surface area is 240 Å². The average Bonchev–Trinajstić information content (AvgIpc) is 3.42. The van der Waals surface area contributed by atoms with Crippen LogP contribution in [-0.2, 0) is 5.44 Å². The average molecular weight is 549 g/mol. The van der Waals surface area contributed by atoms with Crippen molar-refractivity contribution in [1.29, 1.82) is 5.26 Å². The molecule has 2 aromatic heterocycles. The zero-order valence-electron chi connectivity index (χ0n) is 23.7. The van der Waals surface area contributed by atoms with E-state index in [0.29, 0.717) is 23.9 Å². The normalized spacial score (nSPS) is 16.6. The highest BCUT2D eigenvalue weighted by Crippen LogP contribution is 2.40. The van der Waals surface area contributed by atoms with E-state index in [-0.39, 0.29) is 11.2 Å². The number of fused-ring (bicyclic) bond motifs is 1. The highest BCUT2D eigenvalue weighted by molar-refractivity contribution is 6.19. The van der Waals surface area contributed by atoms with E-state index in [0.717, 1.165) is 51.9 Å². The van der Waals surface area contributed by atoms with Crippen LogP contribution in [0.5, 0.6) is 0 Å². The molecule has 8 nitrogen and oxygen atoms in total. The lowest BCUT2D eigenvalue weighted by Crippen LogP contribution is -2.45. The Kier molecular flexibility index (Phi) is 6.63. The summed E-state index contributed by atoms with van der Waals surface area (Å²) in [4.78, 5) is 4.70. The van der Waals surface area contributed by atoms with E-state index in [1.54, 1.807) is 24.6 Å². The summed E-state index contributed by atoms with van der Waals surface area (Å²) in [7, 11) is 2.07. The summed E-state index contributed by atoms with van der Waals surface area (Å²) in [5.74, 6) is 0.374. The molecule has 1 atom stereocenters. The number of aromatic nitrogens is 1. The maximum Gasteiger partial charge on any atom is 0.148 e. The fraction of sp³-hybridized carbons (Fsp3) is 0.290. The highest BCUT2D eigenvalue weighted by Gasteiger charge is 2.38. The number of nitrogens with zero attached hydrogens (tertiary/aromatic N) is 3. The zero-order chi connectivity index (χ0) is 28.8. The maximum atomic E-state index is 14.0. The van der Waals surface area contributed by atoms with E-state index in [1.807, 2.05) is 24.3 Å². The molecule has 1 aliphatic carbocycles. The molecule has 0 spiro atoms. The lowest BCUT2D eigenvalue weighted by molar-refractivity contribution is 0.260. The topological polar surface area (TPSA) is 101 Å². The molecule has 1 aliphatic heterocycles. The molecule has 4 aromatic rings. The molecule has 3 heterocycles. The van der Waals surface area contributed by atoms with Crippen LogP contribution >= 0.6 is 0 Å². The van der Waals surface area contributed by atoms with Gasteiger partial charge in [0.2, 0.25) is 0 Å². The molecule has 0 radical (unpaired) electrons. The number of nitriles is 1. The Bertz CT molecular complexity index is 1650. The summed E-state index contributed by atoms with van der Waals surface area (Å²) >= 11 is 0. The van der Waals surface area contributed by atoms with E-state index in [9.17, 15) is 9.65 Å². The fourth-order valence-corrected chi connectivity index (χ4v) is 5.12. The van der Waals surface area contributed by atoms with E-state index in [4.69, 9.17) is 9.40 Å². The van der Waals surface area contributed by atoms with Crippen LogP contribution in [0.2, 0.25) is 0 Å². The Morgan fingerprint density at radius 1 is 1.20 bits per heavy atom. The second-order valence-electron chi connectivity index (χ2n) is 12.1. The van der Waals surface area contributed by atoms with Crippen LogP contribution in [0.3, 0.4) is 0 Å². The van der Waals surface area contributed by atoms with Crippen molar-refractivity contribution >= 4 is 30.1 Å². The number of anilines is 2. The number of furan rings is 1. The van der Waals surface area contributed by atoms with Crippen molar-refractivity contribution in [3.8, 4) is 17.4 Å². The highest BCUT2D eigenvalue weighted by atomic mass is 19.1. The zero-order valence-corrected chi connectivity index (χ0v) is 23.7. The van der Waals surface area contributed by atoms with Gasteiger partial charge in [0.15, 0.2) is 0 Å². The summed E-state index contributed by atoms with van der Waals surface area (Å²) in [5.41, 5.74) is 11.1. The lowest BCUT2D eigenvalue weighted by atomic mass is 9.69. The second-order valence-corrected chi connectivity index (χ2v) is 12.1. The third-order valence-electron chi connectivity index (χ3n) is 7.56. The van der Waals surface area contributed by atoms with Crippen LogP contribution in [0, 0.1) is 22.6 Å². The first kappa shape index (κ1) is 26.7. The van der Waals surface area contributed by atoms with Gasteiger partial charge in [0.1, 0.15) is 25.5 Å². The van der Waals surface area contributed by atoms with Gasteiger partial charge in [-0.15, -0.1) is 5.53 Å². The Morgan fingerprint density at radius 2 is 1.98 bits per heavy atom. The molecule has 0 bridgehead atoms. The lowest BCUT2D eigenvalue weighted by Gasteiger charge is -2.34. The number of benzene rings is 2. The molecule has 6 rings (SSSR count). The molecular formula is C31H33BFN7O. The number of hydrazine groups is 2. The monoisotopic (exact) mass is 549 g/mol. The molecule has 208 valence electrons. The smallest absolute Gasteiger partial charge is 0.148 e. The van der Waals surface area contributed by atoms with Crippen LogP contribution in [0.15, 0.2) is 77.3 Å². The van der Waals surface area contributed by atoms with E-state index in [1.165, 1.54) is 12.1 Å². The molecule has 1 fully saturated rings. The van der Waals surface area contributed by atoms with E-state index < -0.39 is 5.44 Å². The third-order valence-corrected chi connectivity index (χ3v) is 7.56. The summed E-state index contributed by atoms with van der Waals surface area (Å²) < 4.78 is 19.8. The van der Waals surface area contributed by atoms with Gasteiger partial charge in [-0.1, -0.05) is 32.9 Å². The van der Waals surface area contributed by atoms with Crippen molar-refractivity contribution in [3.63, 3.8) is 0 Å². The van der Waals surface area contributed by atoms with Crippen molar-refractivity contribution in [3.05, 3.63) is 89.8 Å². The van der Waals surface area contributed by atoms with Gasteiger partial charge in [0.25, 0.3) is 0 Å². The maximum absolute atomic E-state index is 14.0. The first-order chi connectivity index (χ1) is 19.6. The number of pyridine rings is 1. The molecule has 10 heteroatoms. The van der Waals surface area contributed by atoms with Crippen LogP contribution in [-0.4, -0.2) is 30.4 Å². The summed E-state index contributed by atoms with van der Waals surface area (Å²) in [6.07, 6.45) is 7.59. The van der Waals surface area contributed by atoms with E-state index in [2.05, 4.69) is 67.5 Å². The first-order valence-corrected chi connectivity index (χ1v) is 13.9. The third kappa shape index (κ3) is 5.33. The molecule has 4 N–H and O–H groups in total. The number of hydrogen-bond donors (Lipinski definition) is 4. The summed E-state index contributed by atoms with van der Waals surface area (Å²) in [5, 5.41) is 20.1. The van der Waals surface area contributed by atoms with Crippen molar-refractivity contribution in [2.45, 2.75) is 45.1 Å². The standard InChI is InChI=1S/C31H33BFN7O/c1-30(2,3)18-36-28-19(15-34)16-35-29-24(26-5-4-12-41-26)13-22(14-25(28)29)37-31(32,20-6-8-21(33)9-7-20)27-17-40(39-38-27)23-10-11-23/h4-9,12-14,16-17,23,37-39H,10-11,18,32H2,1-3H3,(H,35,36). The molecule has 0 amide bonds. The summed E-state index contributed by atoms with van der Waals surface area (Å²) in [6.45, 7) is 7.10. The van der Waals surface area contributed by atoms with Gasteiger partial charge in [-0.2, -0.15) is 5.26 Å². The molecular weight excluding hydrogens is 516 g/mol. The molecule has 2 aliphatic rings. The Hall–Kier alpha value is -4.49. The first-order valence-electron chi connectivity index (χ1n) is 13.9. The van der Waals surface area contributed by atoms with Crippen molar-refractivity contribution in [1.82, 2.24) is 21.0 Å². The Morgan fingerprint density at radius 3 is 2.63 bits per heavy atom. The molecule has 1 saturated carbocycles. The quantitative estimate of drug-likeness (QED) is 0.223. The van der Waals surface area contributed by atoms with Gasteiger partial charge >= 0.3 is 0 Å². The van der Waals surface area contributed by atoms with Crippen LogP contribution in [0.25, 0.3) is 22.2 Å². The molecule has 1 unspecified atom stereocenters. The predicted molar refractivity (Wildman–Crippen MR) is 162 cm³/mol. The van der Waals surface area contributed by atoms with Gasteiger partial charge in [-0.25, -0.2) is 4.39 Å². The summed E-state index contributed by atoms with van der Waals surface area (Å²) in [6, 6.07) is 17.1. The van der Waals surface area contributed by atoms with Crippen molar-refractivity contribution in [2.75, 3.05) is 17.2 Å². The largest absolute Gasteiger partial charge is 0.464 e. The number of rotatable bonds is 8. The van der Waals surface area contributed by atoms with Crippen LogP contribution in [0.4, 0.5) is 15.8 Å². The fourth-order valence-electron chi connectivity index (χ4n) is 5.12. The number of nitrogens with one attached hydrogen (secondary N) is 4. The van der Waals surface area contributed by atoms with Crippen molar-refractivity contribution < 1.29 is 8.81 Å². The van der Waals surface area contributed by atoms with Gasteiger partial charge in [0.05, 0.1) is 34.2 Å². The van der Waals surface area contributed by atoms with Gasteiger partial charge in [-0.3, -0.25) is 9.99 Å². The molecule has 2 aromatic carbocycles. The number of halogens is 1. The SMILES string of the molecule is BC(Nc1cc(-c2ccco2)c2ncc(C#N)c(NCC(C)(C)C)c2c1)(C1=CN(C2CC2)NN1)c1ccc(F)cc1. The van der Waals surface area contributed by atoms with Crippen LogP contribution < -0.4 is 21.6 Å². The van der Waals surface area contributed by atoms with Crippen molar-refractivity contribution in [2.24, 2.45) is 5.41 Å². The van der Waals surface area contributed by atoms with Gasteiger partial charge < -0.3 is 20.5 Å².